The molecule has 0 aliphatic rings. The van der Waals surface area contributed by atoms with Gasteiger partial charge in [-0.2, -0.15) is 13.2 Å². The molecular weight excluding hydrogens is 468 g/mol. The highest BCUT2D eigenvalue weighted by Crippen LogP contribution is 2.36. The smallest absolute Gasteiger partial charge is 0.419 e. The topological polar surface area (TPSA) is 76.2 Å². The van der Waals surface area contributed by atoms with E-state index >= 15 is 0 Å². The zero-order valence-corrected chi connectivity index (χ0v) is 18.0. The SMILES string of the molecule is Cc1nc(-c2ccc(C(F)(F)F)c(F)c2)sc1CSc1ccc2nc(CC(=O)O)oc2c1. The van der Waals surface area contributed by atoms with E-state index in [0.29, 0.717) is 27.6 Å². The number of aryl methyl sites for hydroxylation is 1. The van der Waals surface area contributed by atoms with Crippen molar-refractivity contribution in [3.05, 3.63) is 64.2 Å². The standard InChI is InChI=1S/C21H14F4N2O3S2/c1-10-17(32-20(26-10)11-2-4-13(14(22)6-11)21(23,24)25)9-31-12-3-5-15-16(7-12)30-18(27-15)8-19(28)29/h2-7H,8-9H2,1H3,(H,28,29). The number of fused-ring (bicyclic) bond motifs is 1. The molecule has 4 aromatic rings. The number of carboxylic acids is 1. The van der Waals surface area contributed by atoms with Crippen molar-refractivity contribution in [1.82, 2.24) is 9.97 Å². The zero-order valence-electron chi connectivity index (χ0n) is 16.4. The molecule has 0 fully saturated rings. The van der Waals surface area contributed by atoms with Gasteiger partial charge in [0.25, 0.3) is 0 Å². The van der Waals surface area contributed by atoms with Gasteiger partial charge in [-0.25, -0.2) is 14.4 Å². The van der Waals surface area contributed by atoms with Gasteiger partial charge >= 0.3 is 12.1 Å². The van der Waals surface area contributed by atoms with Crippen LogP contribution in [0.5, 0.6) is 0 Å². The minimum Gasteiger partial charge on any atom is -0.481 e. The van der Waals surface area contributed by atoms with Crippen molar-refractivity contribution in [2.75, 3.05) is 0 Å². The van der Waals surface area contributed by atoms with Crippen LogP contribution in [0.1, 0.15) is 22.0 Å². The van der Waals surface area contributed by atoms with Gasteiger partial charge in [0.2, 0.25) is 5.89 Å². The number of thiazole rings is 1. The number of benzene rings is 2. The molecule has 1 N–H and O–H groups in total. The first-order valence-electron chi connectivity index (χ1n) is 9.17. The highest BCUT2D eigenvalue weighted by atomic mass is 32.2. The molecule has 0 atom stereocenters. The zero-order chi connectivity index (χ0) is 23.0. The van der Waals surface area contributed by atoms with Crippen molar-refractivity contribution >= 4 is 40.2 Å². The van der Waals surface area contributed by atoms with Gasteiger partial charge in [-0.3, -0.25) is 4.79 Å². The number of oxazole rings is 1. The Labute approximate surface area is 187 Å². The quantitative estimate of drug-likeness (QED) is 0.255. The second-order valence-corrected chi connectivity index (χ2v) is 8.95. The molecule has 166 valence electrons. The largest absolute Gasteiger partial charge is 0.481 e. The van der Waals surface area contributed by atoms with Gasteiger partial charge in [-0.15, -0.1) is 23.1 Å². The van der Waals surface area contributed by atoms with E-state index in [1.165, 1.54) is 29.2 Å². The molecule has 0 spiro atoms. The third kappa shape index (κ3) is 4.78. The van der Waals surface area contributed by atoms with Crippen molar-refractivity contribution in [2.45, 2.75) is 30.2 Å². The average Bonchev–Trinajstić information content (AvgIpc) is 3.26. The van der Waals surface area contributed by atoms with E-state index in [0.717, 1.165) is 21.9 Å². The Morgan fingerprint density at radius 1 is 1.19 bits per heavy atom. The van der Waals surface area contributed by atoms with Crippen LogP contribution in [0.2, 0.25) is 0 Å². The lowest BCUT2D eigenvalue weighted by Gasteiger charge is -2.08. The summed E-state index contributed by atoms with van der Waals surface area (Å²) in [7, 11) is 0. The van der Waals surface area contributed by atoms with Crippen LogP contribution >= 0.6 is 23.1 Å². The summed E-state index contributed by atoms with van der Waals surface area (Å²) < 4.78 is 57.7. The summed E-state index contributed by atoms with van der Waals surface area (Å²) in [5, 5.41) is 9.29. The van der Waals surface area contributed by atoms with Crippen molar-refractivity contribution in [3.63, 3.8) is 0 Å². The van der Waals surface area contributed by atoms with Crippen LogP contribution in [0.15, 0.2) is 45.7 Å². The normalized spacial score (nSPS) is 11.9. The van der Waals surface area contributed by atoms with Crippen LogP contribution in [-0.4, -0.2) is 21.0 Å². The van der Waals surface area contributed by atoms with Gasteiger partial charge in [-0.05, 0) is 37.3 Å². The molecule has 2 aromatic carbocycles. The van der Waals surface area contributed by atoms with Crippen molar-refractivity contribution in [3.8, 4) is 10.6 Å². The van der Waals surface area contributed by atoms with Crippen LogP contribution in [0.4, 0.5) is 17.6 Å². The van der Waals surface area contributed by atoms with Gasteiger partial charge in [0.1, 0.15) is 22.8 Å². The number of hydrogen-bond acceptors (Lipinski definition) is 6. The molecule has 0 unspecified atom stereocenters. The maximum absolute atomic E-state index is 13.9. The number of hydrogen-bond donors (Lipinski definition) is 1. The van der Waals surface area contributed by atoms with Gasteiger partial charge < -0.3 is 9.52 Å². The monoisotopic (exact) mass is 482 g/mol. The fourth-order valence-electron chi connectivity index (χ4n) is 2.96. The highest BCUT2D eigenvalue weighted by molar-refractivity contribution is 7.98. The molecule has 5 nitrogen and oxygen atoms in total. The molecule has 32 heavy (non-hydrogen) atoms. The van der Waals surface area contributed by atoms with E-state index in [-0.39, 0.29) is 17.9 Å². The van der Waals surface area contributed by atoms with Crippen LogP contribution in [0.25, 0.3) is 21.7 Å². The Balaban J connectivity index is 1.50. The van der Waals surface area contributed by atoms with Crippen molar-refractivity contribution < 1.29 is 31.9 Å². The van der Waals surface area contributed by atoms with Crippen LogP contribution in [-0.2, 0) is 23.1 Å². The number of halogens is 4. The van der Waals surface area contributed by atoms with E-state index in [2.05, 4.69) is 9.97 Å². The Morgan fingerprint density at radius 2 is 1.97 bits per heavy atom. The Bertz CT molecular complexity index is 1310. The van der Waals surface area contributed by atoms with Gasteiger partial charge in [-0.1, -0.05) is 6.07 Å². The number of alkyl halides is 3. The Kier molecular flexibility index (Phi) is 5.95. The molecular formula is C21H14F4N2O3S2. The molecule has 0 bridgehead atoms. The maximum atomic E-state index is 13.9. The number of rotatable bonds is 6. The lowest BCUT2D eigenvalue weighted by Crippen LogP contribution is -2.07. The molecule has 11 heteroatoms. The molecule has 0 radical (unpaired) electrons. The Hall–Kier alpha value is -2.92. The fraction of sp³-hybridized carbons (Fsp3) is 0.190. The minimum atomic E-state index is -4.75. The van der Waals surface area contributed by atoms with Crippen LogP contribution < -0.4 is 0 Å². The van der Waals surface area contributed by atoms with E-state index in [1.807, 2.05) is 6.07 Å². The van der Waals surface area contributed by atoms with Crippen LogP contribution in [0, 0.1) is 12.7 Å². The van der Waals surface area contributed by atoms with Gasteiger partial charge in [0, 0.05) is 21.1 Å². The van der Waals surface area contributed by atoms with Crippen molar-refractivity contribution in [2.24, 2.45) is 0 Å². The average molecular weight is 482 g/mol. The van der Waals surface area contributed by atoms with E-state index in [1.54, 1.807) is 19.1 Å². The third-order valence-corrected chi connectivity index (χ3v) is 6.90. The summed E-state index contributed by atoms with van der Waals surface area (Å²) in [6.45, 7) is 1.79. The highest BCUT2D eigenvalue weighted by Gasteiger charge is 2.34. The molecule has 2 aromatic heterocycles. The predicted octanol–water partition coefficient (Wildman–Crippen LogP) is 6.34. The molecule has 2 heterocycles. The lowest BCUT2D eigenvalue weighted by molar-refractivity contribution is -0.140. The molecule has 0 saturated heterocycles. The first-order chi connectivity index (χ1) is 15.1. The lowest BCUT2D eigenvalue weighted by atomic mass is 10.1. The maximum Gasteiger partial charge on any atom is 0.419 e. The number of carbonyl (C=O) groups is 1. The van der Waals surface area contributed by atoms with E-state index in [9.17, 15) is 22.4 Å². The van der Waals surface area contributed by atoms with Gasteiger partial charge in [0.05, 0.1) is 11.3 Å². The molecule has 0 aliphatic carbocycles. The third-order valence-electron chi connectivity index (χ3n) is 4.49. The second-order valence-electron chi connectivity index (χ2n) is 6.82. The Morgan fingerprint density at radius 3 is 2.66 bits per heavy atom. The van der Waals surface area contributed by atoms with Crippen molar-refractivity contribution in [1.29, 1.82) is 0 Å². The number of nitrogens with zero attached hydrogens (tertiary/aromatic N) is 2. The van der Waals surface area contributed by atoms with Crippen LogP contribution in [0.3, 0.4) is 0 Å². The second kappa shape index (κ2) is 8.55. The fourth-order valence-corrected chi connectivity index (χ4v) is 5.09. The van der Waals surface area contributed by atoms with E-state index < -0.39 is 23.5 Å². The minimum absolute atomic E-state index is 0.126. The summed E-state index contributed by atoms with van der Waals surface area (Å²) in [6, 6.07) is 8.13. The number of carboxylic acid groups (broad SMARTS) is 1. The number of aliphatic carboxylic acids is 1. The predicted molar refractivity (Wildman–Crippen MR) is 112 cm³/mol. The van der Waals surface area contributed by atoms with Gasteiger partial charge in [0.15, 0.2) is 5.58 Å². The molecule has 0 amide bonds. The summed E-state index contributed by atoms with van der Waals surface area (Å²) >= 11 is 2.77. The molecule has 4 rings (SSSR count). The molecule has 0 saturated carbocycles. The summed E-state index contributed by atoms with van der Waals surface area (Å²) in [4.78, 5) is 21.1. The summed E-state index contributed by atoms with van der Waals surface area (Å²) in [5.74, 6) is -1.70. The van der Waals surface area contributed by atoms with E-state index in [4.69, 9.17) is 9.52 Å². The first kappa shape index (κ1) is 22.3. The molecule has 0 aliphatic heterocycles. The first-order valence-corrected chi connectivity index (χ1v) is 11.0. The number of thioether (sulfide) groups is 1. The summed E-state index contributed by atoms with van der Waals surface area (Å²) in [5.41, 5.74) is 0.732. The number of aromatic nitrogens is 2. The summed E-state index contributed by atoms with van der Waals surface area (Å²) in [6.07, 6.45) is -5.05.